The Balaban J connectivity index is 1.56. The van der Waals surface area contributed by atoms with Crippen molar-refractivity contribution in [1.29, 1.82) is 0 Å². The van der Waals surface area contributed by atoms with E-state index in [1.54, 1.807) is 0 Å². The Morgan fingerprint density at radius 3 is 1.59 bits per heavy atom. The molecule has 180 valence electrons. The Hall–Kier alpha value is -4.57. The van der Waals surface area contributed by atoms with E-state index in [1.807, 2.05) is 36.5 Å². The predicted octanol–water partition coefficient (Wildman–Crippen LogP) is 7.75. The molecule has 0 aliphatic rings. The van der Waals surface area contributed by atoms with E-state index >= 15 is 0 Å². The molecule has 37 heavy (non-hydrogen) atoms. The van der Waals surface area contributed by atoms with E-state index in [0.29, 0.717) is 12.0 Å². The molecule has 2 nitrogen and oxygen atoms in total. The number of rotatable bonds is 6. The maximum atomic E-state index is 13.7. The molecule has 0 fully saturated rings. The van der Waals surface area contributed by atoms with Gasteiger partial charge in [-0.2, -0.15) is 5.10 Å². The fraction of sp³-hybridized carbons (Fsp3) is 0.0606. The first kappa shape index (κ1) is 22.9. The molecule has 0 aliphatic heterocycles. The Morgan fingerprint density at radius 1 is 0.568 bits per heavy atom. The van der Waals surface area contributed by atoms with Crippen LogP contribution in [0.5, 0.6) is 0 Å². The number of hydrogen-bond acceptors (Lipinski definition) is 1. The summed E-state index contributed by atoms with van der Waals surface area (Å²) in [5.74, 6) is -1.13. The highest BCUT2D eigenvalue weighted by molar-refractivity contribution is 5.81. The highest BCUT2D eigenvalue weighted by Crippen LogP contribution is 2.42. The van der Waals surface area contributed by atoms with E-state index < -0.39 is 17.2 Å². The second-order valence-corrected chi connectivity index (χ2v) is 9.21. The molecule has 0 saturated carbocycles. The van der Waals surface area contributed by atoms with Crippen molar-refractivity contribution in [2.75, 3.05) is 0 Å². The quantitative estimate of drug-likeness (QED) is 0.220. The first-order valence-electron chi connectivity index (χ1n) is 12.2. The third-order valence-electron chi connectivity index (χ3n) is 6.86. The lowest BCUT2D eigenvalue weighted by atomic mass is 9.77. The minimum absolute atomic E-state index is 0.428. The zero-order valence-corrected chi connectivity index (χ0v) is 20.1. The van der Waals surface area contributed by atoms with Gasteiger partial charge in [0.15, 0.2) is 0 Å². The number of hydrogen-bond donors (Lipinski definition) is 0. The fourth-order valence-corrected chi connectivity index (χ4v) is 5.31. The van der Waals surface area contributed by atoms with Crippen LogP contribution in [0.15, 0.2) is 134 Å². The average Bonchev–Trinajstić information content (AvgIpc) is 3.34. The normalized spacial score (nSPS) is 11.6. The third-order valence-corrected chi connectivity index (χ3v) is 6.86. The third kappa shape index (κ3) is 4.11. The molecule has 0 saturated heterocycles. The van der Waals surface area contributed by atoms with Gasteiger partial charge in [0, 0.05) is 11.5 Å². The molecule has 4 heteroatoms. The van der Waals surface area contributed by atoms with Crippen LogP contribution in [0, 0.1) is 11.6 Å². The molecular weight excluding hydrogens is 462 g/mol. The molecule has 6 aromatic rings. The summed E-state index contributed by atoms with van der Waals surface area (Å²) in [6, 6.07) is 41.0. The molecule has 5 aromatic carbocycles. The molecule has 0 atom stereocenters. The maximum absolute atomic E-state index is 13.7. The second kappa shape index (κ2) is 9.47. The van der Waals surface area contributed by atoms with Crippen LogP contribution < -0.4 is 0 Å². The summed E-state index contributed by atoms with van der Waals surface area (Å²) in [4.78, 5) is 0. The van der Waals surface area contributed by atoms with E-state index in [9.17, 15) is 8.78 Å². The Kier molecular flexibility index (Phi) is 5.85. The van der Waals surface area contributed by atoms with Gasteiger partial charge in [0.05, 0.1) is 11.7 Å². The Bertz CT molecular complexity index is 1540. The van der Waals surface area contributed by atoms with Gasteiger partial charge in [0.1, 0.15) is 17.2 Å². The molecule has 0 amide bonds. The molecule has 0 spiro atoms. The van der Waals surface area contributed by atoms with Crippen molar-refractivity contribution in [3.63, 3.8) is 0 Å². The molecule has 6 rings (SSSR count). The molecule has 0 N–H and O–H groups in total. The average molecular weight is 487 g/mol. The molecule has 0 aliphatic carbocycles. The van der Waals surface area contributed by atoms with Crippen molar-refractivity contribution in [1.82, 2.24) is 9.78 Å². The maximum Gasteiger partial charge on any atom is 0.138 e. The standard InChI is InChI=1S/C33H24F2N2/c34-30-20-25(21-31(35)22-30)18-24-16-17-32-26(19-24)23-36-37(32)33(27-10-4-1-5-11-27,28-12-6-2-7-13-28)29-14-8-3-9-15-29/h1-17,19-23H,18H2. The summed E-state index contributed by atoms with van der Waals surface area (Å²) < 4.78 is 29.6. The highest BCUT2D eigenvalue weighted by atomic mass is 19.1. The minimum Gasteiger partial charge on any atom is -0.245 e. The van der Waals surface area contributed by atoms with E-state index in [1.165, 1.54) is 12.1 Å². The van der Waals surface area contributed by atoms with Crippen LogP contribution in [0.3, 0.4) is 0 Å². The van der Waals surface area contributed by atoms with Gasteiger partial charge < -0.3 is 0 Å². The van der Waals surface area contributed by atoms with Crippen LogP contribution in [0.25, 0.3) is 10.9 Å². The Labute approximate surface area is 214 Å². The van der Waals surface area contributed by atoms with Crippen molar-refractivity contribution in [3.05, 3.63) is 173 Å². The van der Waals surface area contributed by atoms with Gasteiger partial charge in [-0.3, -0.25) is 0 Å². The molecule has 0 unspecified atom stereocenters. The lowest BCUT2D eigenvalue weighted by molar-refractivity contribution is 0.476. The summed E-state index contributed by atoms with van der Waals surface area (Å²) in [5.41, 5.74) is 5.09. The first-order chi connectivity index (χ1) is 18.1. The molecular formula is C33H24F2N2. The van der Waals surface area contributed by atoms with E-state index in [4.69, 9.17) is 5.10 Å². The van der Waals surface area contributed by atoms with Crippen LogP contribution in [0.2, 0.25) is 0 Å². The van der Waals surface area contributed by atoms with Gasteiger partial charge in [-0.1, -0.05) is 97.1 Å². The topological polar surface area (TPSA) is 17.8 Å². The zero-order valence-electron chi connectivity index (χ0n) is 20.1. The molecule has 0 bridgehead atoms. The summed E-state index contributed by atoms with van der Waals surface area (Å²) in [5, 5.41) is 5.93. The second-order valence-electron chi connectivity index (χ2n) is 9.21. The SMILES string of the molecule is Fc1cc(F)cc(Cc2ccc3c(cnn3C(c3ccccc3)(c3ccccc3)c3ccccc3)c2)c1. The van der Waals surface area contributed by atoms with Gasteiger partial charge in [-0.25, -0.2) is 13.5 Å². The molecule has 0 radical (unpaired) electrons. The van der Waals surface area contributed by atoms with Gasteiger partial charge >= 0.3 is 0 Å². The van der Waals surface area contributed by atoms with Gasteiger partial charge in [0.25, 0.3) is 0 Å². The molecule has 1 heterocycles. The highest BCUT2D eigenvalue weighted by Gasteiger charge is 2.40. The van der Waals surface area contributed by atoms with Crippen LogP contribution in [-0.2, 0) is 12.0 Å². The van der Waals surface area contributed by atoms with Crippen LogP contribution in [-0.4, -0.2) is 9.78 Å². The van der Waals surface area contributed by atoms with Crippen molar-refractivity contribution in [2.45, 2.75) is 12.0 Å². The van der Waals surface area contributed by atoms with Gasteiger partial charge in [-0.15, -0.1) is 0 Å². The van der Waals surface area contributed by atoms with E-state index in [2.05, 4.69) is 83.5 Å². The first-order valence-corrected chi connectivity index (χ1v) is 12.2. The number of benzene rings is 5. The van der Waals surface area contributed by atoms with Crippen LogP contribution in [0.4, 0.5) is 8.78 Å². The largest absolute Gasteiger partial charge is 0.245 e. The number of fused-ring (bicyclic) bond motifs is 1. The molecule has 1 aromatic heterocycles. The number of aromatic nitrogens is 2. The lowest BCUT2D eigenvalue weighted by Gasteiger charge is -2.37. The van der Waals surface area contributed by atoms with Crippen LogP contribution in [0.1, 0.15) is 27.8 Å². The summed E-state index contributed by atoms with van der Waals surface area (Å²) >= 11 is 0. The number of halogens is 2. The fourth-order valence-electron chi connectivity index (χ4n) is 5.31. The summed E-state index contributed by atoms with van der Waals surface area (Å²) in [7, 11) is 0. The summed E-state index contributed by atoms with van der Waals surface area (Å²) in [6.07, 6.45) is 2.30. The Morgan fingerprint density at radius 2 is 1.08 bits per heavy atom. The van der Waals surface area contributed by atoms with Crippen molar-refractivity contribution >= 4 is 10.9 Å². The van der Waals surface area contributed by atoms with Crippen molar-refractivity contribution in [3.8, 4) is 0 Å². The van der Waals surface area contributed by atoms with Gasteiger partial charge in [-0.05, 0) is 58.5 Å². The van der Waals surface area contributed by atoms with Crippen molar-refractivity contribution in [2.24, 2.45) is 0 Å². The summed E-state index contributed by atoms with van der Waals surface area (Å²) in [6.45, 7) is 0. The monoisotopic (exact) mass is 486 g/mol. The lowest BCUT2D eigenvalue weighted by Crippen LogP contribution is -2.38. The van der Waals surface area contributed by atoms with Crippen molar-refractivity contribution < 1.29 is 8.78 Å². The van der Waals surface area contributed by atoms with E-state index in [-0.39, 0.29) is 0 Å². The number of nitrogens with zero attached hydrogens (tertiary/aromatic N) is 2. The minimum atomic E-state index is -0.710. The smallest absolute Gasteiger partial charge is 0.138 e. The zero-order chi connectivity index (χ0) is 25.2. The van der Waals surface area contributed by atoms with E-state index in [0.717, 1.165) is 39.2 Å². The van der Waals surface area contributed by atoms with Crippen LogP contribution >= 0.6 is 0 Å². The van der Waals surface area contributed by atoms with Gasteiger partial charge in [0.2, 0.25) is 0 Å². The predicted molar refractivity (Wildman–Crippen MR) is 144 cm³/mol.